The molecule has 0 saturated heterocycles. The summed E-state index contributed by atoms with van der Waals surface area (Å²) in [5.74, 6) is 0.972. The third-order valence-electron chi connectivity index (χ3n) is 3.21. The average Bonchev–Trinajstić information content (AvgIpc) is 2.70. The highest BCUT2D eigenvalue weighted by Gasteiger charge is 2.16. The van der Waals surface area contributed by atoms with Gasteiger partial charge in [0.1, 0.15) is 5.82 Å². The zero-order valence-electron chi connectivity index (χ0n) is 10.2. The Bertz CT molecular complexity index is 331. The van der Waals surface area contributed by atoms with Gasteiger partial charge in [-0.05, 0) is 38.3 Å². The minimum absolute atomic E-state index is 0.307. The first-order chi connectivity index (χ1) is 7.55. The van der Waals surface area contributed by atoms with E-state index in [-0.39, 0.29) is 5.54 Å². The van der Waals surface area contributed by atoms with Gasteiger partial charge in [-0.15, -0.1) is 0 Å². The first-order valence-corrected chi connectivity index (χ1v) is 6.08. The Labute approximate surface area is 97.5 Å². The second kappa shape index (κ2) is 4.42. The molecule has 1 aromatic rings. The van der Waals surface area contributed by atoms with Crippen LogP contribution in [0.2, 0.25) is 0 Å². The molecule has 1 aliphatic carbocycles. The first kappa shape index (κ1) is 11.4. The maximum Gasteiger partial charge on any atom is 0.126 e. The second-order valence-electron chi connectivity index (χ2n) is 5.28. The molecule has 0 spiro atoms. The predicted octanol–water partition coefficient (Wildman–Crippen LogP) is 2.63. The van der Waals surface area contributed by atoms with Crippen molar-refractivity contribution in [1.82, 2.24) is 4.98 Å². The summed E-state index contributed by atoms with van der Waals surface area (Å²) in [5, 5.41) is 3.47. The van der Waals surface area contributed by atoms with E-state index in [0.717, 1.165) is 11.4 Å². The topological polar surface area (TPSA) is 50.9 Å². The van der Waals surface area contributed by atoms with Crippen LogP contribution in [0.25, 0.3) is 0 Å². The van der Waals surface area contributed by atoms with Crippen LogP contribution in [0.3, 0.4) is 0 Å². The van der Waals surface area contributed by atoms with Crippen LogP contribution in [-0.2, 0) is 5.54 Å². The minimum Gasteiger partial charge on any atom is -0.367 e. The maximum absolute atomic E-state index is 6.01. The molecule has 0 radical (unpaired) electrons. The fourth-order valence-electron chi connectivity index (χ4n) is 2.14. The molecule has 1 aromatic heterocycles. The van der Waals surface area contributed by atoms with Gasteiger partial charge in [0.25, 0.3) is 0 Å². The fourth-order valence-corrected chi connectivity index (χ4v) is 2.14. The lowest BCUT2D eigenvalue weighted by Crippen LogP contribution is -2.28. The standard InChI is InChI=1S/C13H21N3/c1-13(2,14)10-7-8-12(15-9-10)16-11-5-3-4-6-11/h7-9,11H,3-6,14H2,1-2H3,(H,15,16). The van der Waals surface area contributed by atoms with Gasteiger partial charge in [-0.3, -0.25) is 0 Å². The number of rotatable bonds is 3. The number of pyridine rings is 1. The summed E-state index contributed by atoms with van der Waals surface area (Å²) >= 11 is 0. The van der Waals surface area contributed by atoms with Gasteiger partial charge in [-0.1, -0.05) is 18.9 Å². The summed E-state index contributed by atoms with van der Waals surface area (Å²) in [6.45, 7) is 3.99. The fraction of sp³-hybridized carbons (Fsp3) is 0.615. The van der Waals surface area contributed by atoms with Crippen molar-refractivity contribution < 1.29 is 0 Å². The Kier molecular flexibility index (Phi) is 3.15. The molecule has 0 amide bonds. The summed E-state index contributed by atoms with van der Waals surface area (Å²) in [7, 11) is 0. The Balaban J connectivity index is 2.01. The van der Waals surface area contributed by atoms with Crippen molar-refractivity contribution in [1.29, 1.82) is 0 Å². The smallest absolute Gasteiger partial charge is 0.126 e. The summed E-state index contributed by atoms with van der Waals surface area (Å²) in [5.41, 5.74) is 6.78. The van der Waals surface area contributed by atoms with Gasteiger partial charge >= 0.3 is 0 Å². The molecular formula is C13H21N3. The monoisotopic (exact) mass is 219 g/mol. The van der Waals surface area contributed by atoms with E-state index in [1.807, 2.05) is 26.1 Å². The largest absolute Gasteiger partial charge is 0.367 e. The lowest BCUT2D eigenvalue weighted by Gasteiger charge is -2.19. The SMILES string of the molecule is CC(C)(N)c1ccc(NC2CCCC2)nc1. The van der Waals surface area contributed by atoms with Gasteiger partial charge in [0.05, 0.1) is 0 Å². The molecule has 88 valence electrons. The van der Waals surface area contributed by atoms with E-state index in [4.69, 9.17) is 5.73 Å². The molecular weight excluding hydrogens is 198 g/mol. The van der Waals surface area contributed by atoms with Crippen molar-refractivity contribution in [2.75, 3.05) is 5.32 Å². The zero-order valence-corrected chi connectivity index (χ0v) is 10.2. The Morgan fingerprint density at radius 1 is 1.31 bits per heavy atom. The molecule has 1 fully saturated rings. The van der Waals surface area contributed by atoms with Crippen molar-refractivity contribution in [2.24, 2.45) is 5.73 Å². The highest BCUT2D eigenvalue weighted by atomic mass is 15.0. The molecule has 1 aliphatic rings. The maximum atomic E-state index is 6.01. The number of aromatic nitrogens is 1. The predicted molar refractivity (Wildman–Crippen MR) is 67.3 cm³/mol. The van der Waals surface area contributed by atoms with Gasteiger partial charge in [0.2, 0.25) is 0 Å². The third kappa shape index (κ3) is 2.73. The molecule has 16 heavy (non-hydrogen) atoms. The number of nitrogens with zero attached hydrogens (tertiary/aromatic N) is 1. The van der Waals surface area contributed by atoms with E-state index in [1.165, 1.54) is 25.7 Å². The van der Waals surface area contributed by atoms with Crippen molar-refractivity contribution in [3.8, 4) is 0 Å². The van der Waals surface area contributed by atoms with Gasteiger partial charge in [-0.2, -0.15) is 0 Å². The van der Waals surface area contributed by atoms with Gasteiger partial charge in [0, 0.05) is 17.8 Å². The van der Waals surface area contributed by atoms with Gasteiger partial charge in [-0.25, -0.2) is 4.98 Å². The minimum atomic E-state index is -0.307. The van der Waals surface area contributed by atoms with Crippen LogP contribution in [0.15, 0.2) is 18.3 Å². The van der Waals surface area contributed by atoms with Crippen LogP contribution >= 0.6 is 0 Å². The molecule has 3 N–H and O–H groups in total. The van der Waals surface area contributed by atoms with E-state index in [1.54, 1.807) is 0 Å². The normalized spacial score (nSPS) is 17.7. The molecule has 1 saturated carbocycles. The number of anilines is 1. The van der Waals surface area contributed by atoms with Gasteiger partial charge in [0.15, 0.2) is 0 Å². The number of hydrogen-bond donors (Lipinski definition) is 2. The molecule has 3 nitrogen and oxygen atoms in total. The summed E-state index contributed by atoms with van der Waals surface area (Å²) in [6.07, 6.45) is 7.09. The molecule has 0 atom stereocenters. The van der Waals surface area contributed by atoms with E-state index >= 15 is 0 Å². The average molecular weight is 219 g/mol. The highest BCUT2D eigenvalue weighted by Crippen LogP contribution is 2.22. The van der Waals surface area contributed by atoms with Crippen LogP contribution in [-0.4, -0.2) is 11.0 Å². The highest BCUT2D eigenvalue weighted by molar-refractivity contribution is 5.38. The second-order valence-corrected chi connectivity index (χ2v) is 5.28. The molecule has 3 heteroatoms. The Morgan fingerprint density at radius 2 is 2.00 bits per heavy atom. The van der Waals surface area contributed by atoms with Crippen LogP contribution in [0.1, 0.15) is 45.1 Å². The third-order valence-corrected chi connectivity index (χ3v) is 3.21. The summed E-state index contributed by atoms with van der Waals surface area (Å²) < 4.78 is 0. The quantitative estimate of drug-likeness (QED) is 0.821. The molecule has 0 aliphatic heterocycles. The number of nitrogens with two attached hydrogens (primary N) is 1. The molecule has 1 heterocycles. The van der Waals surface area contributed by atoms with Crippen molar-refractivity contribution in [3.63, 3.8) is 0 Å². The Morgan fingerprint density at radius 3 is 2.50 bits per heavy atom. The number of hydrogen-bond acceptors (Lipinski definition) is 3. The van der Waals surface area contributed by atoms with E-state index in [2.05, 4.69) is 16.4 Å². The molecule has 0 unspecified atom stereocenters. The lowest BCUT2D eigenvalue weighted by atomic mass is 9.98. The molecule has 0 bridgehead atoms. The number of nitrogens with one attached hydrogen (secondary N) is 1. The zero-order chi connectivity index (χ0) is 11.6. The van der Waals surface area contributed by atoms with E-state index < -0.39 is 0 Å². The Hall–Kier alpha value is -1.09. The van der Waals surface area contributed by atoms with E-state index in [9.17, 15) is 0 Å². The van der Waals surface area contributed by atoms with Crippen molar-refractivity contribution in [2.45, 2.75) is 51.1 Å². The summed E-state index contributed by atoms with van der Waals surface area (Å²) in [6, 6.07) is 4.70. The van der Waals surface area contributed by atoms with Gasteiger partial charge < -0.3 is 11.1 Å². The van der Waals surface area contributed by atoms with Crippen molar-refractivity contribution >= 4 is 5.82 Å². The van der Waals surface area contributed by atoms with E-state index in [0.29, 0.717) is 6.04 Å². The van der Waals surface area contributed by atoms with Crippen molar-refractivity contribution in [3.05, 3.63) is 23.9 Å². The van der Waals surface area contributed by atoms with Crippen LogP contribution in [0.5, 0.6) is 0 Å². The van der Waals surface area contributed by atoms with Crippen LogP contribution < -0.4 is 11.1 Å². The molecule has 2 rings (SSSR count). The first-order valence-electron chi connectivity index (χ1n) is 6.08. The van der Waals surface area contributed by atoms with Crippen LogP contribution in [0.4, 0.5) is 5.82 Å². The lowest BCUT2D eigenvalue weighted by molar-refractivity contribution is 0.552. The summed E-state index contributed by atoms with van der Waals surface area (Å²) in [4.78, 5) is 4.42. The van der Waals surface area contributed by atoms with Crippen LogP contribution in [0, 0.1) is 0 Å². The molecule has 0 aromatic carbocycles.